The van der Waals surface area contributed by atoms with Crippen LogP contribution in [0.5, 0.6) is 0 Å². The summed E-state index contributed by atoms with van der Waals surface area (Å²) in [6, 6.07) is 3.92. The molecule has 0 fully saturated rings. The van der Waals surface area contributed by atoms with Gasteiger partial charge in [0.15, 0.2) is 6.10 Å². The van der Waals surface area contributed by atoms with Crippen molar-refractivity contribution in [2.75, 3.05) is 25.6 Å². The van der Waals surface area contributed by atoms with Gasteiger partial charge in [0.1, 0.15) is 5.82 Å². The number of carbonyl (C=O) groups is 1. The van der Waals surface area contributed by atoms with Gasteiger partial charge in [0, 0.05) is 25.3 Å². The fourth-order valence-electron chi connectivity index (χ4n) is 1.50. The monoisotopic (exact) mass is 241 g/mol. The Morgan fingerprint density at radius 3 is 2.71 bits per heavy atom. The van der Waals surface area contributed by atoms with Crippen molar-refractivity contribution in [1.82, 2.24) is 0 Å². The minimum atomic E-state index is -1.47. The maximum absolute atomic E-state index is 13.1. The van der Waals surface area contributed by atoms with E-state index in [4.69, 9.17) is 4.74 Å². The van der Waals surface area contributed by atoms with Crippen molar-refractivity contribution in [2.45, 2.75) is 13.0 Å². The van der Waals surface area contributed by atoms with Crippen LogP contribution >= 0.6 is 0 Å². The van der Waals surface area contributed by atoms with Crippen LogP contribution in [0.3, 0.4) is 0 Å². The van der Waals surface area contributed by atoms with E-state index in [1.807, 2.05) is 0 Å². The highest BCUT2D eigenvalue weighted by molar-refractivity contribution is 5.79. The van der Waals surface area contributed by atoms with Gasteiger partial charge in [-0.2, -0.15) is 0 Å². The number of ether oxygens (including phenoxy) is 1. The van der Waals surface area contributed by atoms with Crippen LogP contribution in [0.4, 0.5) is 10.1 Å². The number of esters is 1. The highest BCUT2D eigenvalue weighted by atomic mass is 19.1. The zero-order valence-corrected chi connectivity index (χ0v) is 10.1. The number of anilines is 1. The highest BCUT2D eigenvalue weighted by Gasteiger charge is 2.23. The molecule has 0 saturated heterocycles. The number of hydrogen-bond acceptors (Lipinski definition) is 4. The minimum absolute atomic E-state index is 0.169. The van der Waals surface area contributed by atoms with Crippen LogP contribution in [0, 0.1) is 5.82 Å². The van der Waals surface area contributed by atoms with E-state index in [9.17, 15) is 14.3 Å². The van der Waals surface area contributed by atoms with Crippen LogP contribution < -0.4 is 4.90 Å². The van der Waals surface area contributed by atoms with E-state index in [1.54, 1.807) is 25.9 Å². The van der Waals surface area contributed by atoms with E-state index in [2.05, 4.69) is 0 Å². The first-order chi connectivity index (χ1) is 7.97. The Bertz CT molecular complexity index is 407. The van der Waals surface area contributed by atoms with Gasteiger partial charge in [-0.05, 0) is 25.1 Å². The summed E-state index contributed by atoms with van der Waals surface area (Å²) in [7, 11) is 3.49. The van der Waals surface area contributed by atoms with Crippen molar-refractivity contribution in [2.24, 2.45) is 0 Å². The molecular weight excluding hydrogens is 225 g/mol. The molecule has 0 bridgehead atoms. The largest absolute Gasteiger partial charge is 0.464 e. The smallest absolute Gasteiger partial charge is 0.339 e. The molecule has 1 rings (SSSR count). The van der Waals surface area contributed by atoms with Crippen LogP contribution in [-0.4, -0.2) is 31.8 Å². The number of carbonyl (C=O) groups excluding carboxylic acids is 1. The quantitative estimate of drug-likeness (QED) is 0.811. The Labute approximate surface area is 99.6 Å². The number of aliphatic hydroxyl groups is 1. The van der Waals surface area contributed by atoms with Crippen molar-refractivity contribution >= 4 is 11.7 Å². The number of aliphatic hydroxyl groups excluding tert-OH is 1. The number of hydrogen-bond donors (Lipinski definition) is 1. The molecule has 1 N–H and O–H groups in total. The van der Waals surface area contributed by atoms with Crippen molar-refractivity contribution in [3.05, 3.63) is 29.6 Å². The van der Waals surface area contributed by atoms with E-state index in [0.29, 0.717) is 5.69 Å². The molecule has 4 nitrogen and oxygen atoms in total. The summed E-state index contributed by atoms with van der Waals surface area (Å²) in [5.41, 5.74) is 0.778. The fourth-order valence-corrected chi connectivity index (χ4v) is 1.50. The second-order valence-corrected chi connectivity index (χ2v) is 3.75. The zero-order valence-electron chi connectivity index (χ0n) is 10.1. The normalized spacial score (nSPS) is 12.1. The van der Waals surface area contributed by atoms with E-state index in [0.717, 1.165) is 6.07 Å². The minimum Gasteiger partial charge on any atom is -0.464 e. The molecule has 0 aliphatic carbocycles. The lowest BCUT2D eigenvalue weighted by Gasteiger charge is -2.20. The van der Waals surface area contributed by atoms with Gasteiger partial charge in [0.2, 0.25) is 0 Å². The first-order valence-electron chi connectivity index (χ1n) is 5.28. The predicted octanol–water partition coefficient (Wildman–Crippen LogP) is 1.49. The summed E-state index contributed by atoms with van der Waals surface area (Å²) < 4.78 is 17.8. The van der Waals surface area contributed by atoms with Gasteiger partial charge in [0.05, 0.1) is 6.61 Å². The van der Waals surface area contributed by atoms with Gasteiger partial charge in [0.25, 0.3) is 0 Å². The van der Waals surface area contributed by atoms with E-state index < -0.39 is 17.9 Å². The SMILES string of the molecule is CCOC(=O)C(O)c1cc(F)ccc1N(C)C. The van der Waals surface area contributed by atoms with Gasteiger partial charge in [-0.3, -0.25) is 0 Å². The van der Waals surface area contributed by atoms with E-state index >= 15 is 0 Å². The zero-order chi connectivity index (χ0) is 13.0. The van der Waals surface area contributed by atoms with Crippen molar-refractivity contribution in [1.29, 1.82) is 0 Å². The second kappa shape index (κ2) is 5.63. The third kappa shape index (κ3) is 3.17. The molecule has 1 unspecified atom stereocenters. The Morgan fingerprint density at radius 2 is 2.18 bits per heavy atom. The molecule has 0 heterocycles. The molecule has 5 heteroatoms. The van der Waals surface area contributed by atoms with Crippen LogP contribution in [0.15, 0.2) is 18.2 Å². The average molecular weight is 241 g/mol. The lowest BCUT2D eigenvalue weighted by molar-refractivity contribution is -0.153. The van der Waals surface area contributed by atoms with Crippen LogP contribution in [0.25, 0.3) is 0 Å². The molecule has 94 valence electrons. The first kappa shape index (κ1) is 13.4. The highest BCUT2D eigenvalue weighted by Crippen LogP contribution is 2.26. The first-order valence-corrected chi connectivity index (χ1v) is 5.28. The molecule has 17 heavy (non-hydrogen) atoms. The summed E-state index contributed by atoms with van der Waals surface area (Å²) in [5, 5.41) is 9.81. The predicted molar refractivity (Wildman–Crippen MR) is 62.3 cm³/mol. The summed E-state index contributed by atoms with van der Waals surface area (Å²) in [6.45, 7) is 1.81. The molecule has 1 atom stereocenters. The van der Waals surface area contributed by atoms with Gasteiger partial charge in [-0.1, -0.05) is 0 Å². The maximum Gasteiger partial charge on any atom is 0.339 e. The second-order valence-electron chi connectivity index (χ2n) is 3.75. The molecule has 0 spiro atoms. The van der Waals surface area contributed by atoms with E-state index in [1.165, 1.54) is 12.1 Å². The number of nitrogens with zero attached hydrogens (tertiary/aromatic N) is 1. The average Bonchev–Trinajstić information content (AvgIpc) is 2.27. The molecule has 0 saturated carbocycles. The Morgan fingerprint density at radius 1 is 1.53 bits per heavy atom. The van der Waals surface area contributed by atoms with E-state index in [-0.39, 0.29) is 12.2 Å². The third-order valence-electron chi connectivity index (χ3n) is 2.28. The van der Waals surface area contributed by atoms with Gasteiger partial charge < -0.3 is 14.7 Å². The lowest BCUT2D eigenvalue weighted by atomic mass is 10.1. The van der Waals surface area contributed by atoms with Gasteiger partial charge >= 0.3 is 5.97 Å². The van der Waals surface area contributed by atoms with Crippen molar-refractivity contribution < 1.29 is 19.0 Å². The molecule has 0 aliphatic heterocycles. The van der Waals surface area contributed by atoms with Gasteiger partial charge in [-0.25, -0.2) is 9.18 Å². The molecule has 0 aromatic heterocycles. The standard InChI is InChI=1S/C12H16FNO3/c1-4-17-12(16)11(15)9-7-8(13)5-6-10(9)14(2)3/h5-7,11,15H,4H2,1-3H3. The molecule has 0 aliphatic rings. The molecule has 0 amide bonds. The molecule has 1 aromatic rings. The summed E-state index contributed by atoms with van der Waals surface area (Å²) >= 11 is 0. The molecule has 1 aromatic carbocycles. The van der Waals surface area contributed by atoms with Crippen molar-refractivity contribution in [3.63, 3.8) is 0 Å². The number of halogens is 1. The maximum atomic E-state index is 13.1. The summed E-state index contributed by atoms with van der Waals surface area (Å²) in [4.78, 5) is 13.1. The topological polar surface area (TPSA) is 49.8 Å². The number of rotatable bonds is 4. The number of benzene rings is 1. The van der Waals surface area contributed by atoms with Crippen LogP contribution in [0.1, 0.15) is 18.6 Å². The summed E-state index contributed by atoms with van der Waals surface area (Å²) in [6.07, 6.45) is -1.47. The Kier molecular flexibility index (Phi) is 4.45. The van der Waals surface area contributed by atoms with Crippen LogP contribution in [-0.2, 0) is 9.53 Å². The Hall–Kier alpha value is -1.62. The van der Waals surface area contributed by atoms with Gasteiger partial charge in [-0.15, -0.1) is 0 Å². The van der Waals surface area contributed by atoms with Crippen molar-refractivity contribution in [3.8, 4) is 0 Å². The van der Waals surface area contributed by atoms with Crippen LogP contribution in [0.2, 0.25) is 0 Å². The third-order valence-corrected chi connectivity index (χ3v) is 2.28. The Balaban J connectivity index is 3.10. The fraction of sp³-hybridized carbons (Fsp3) is 0.417. The summed E-state index contributed by atoms with van der Waals surface area (Å²) in [5.74, 6) is -1.28. The molecule has 0 radical (unpaired) electrons. The lowest BCUT2D eigenvalue weighted by Crippen LogP contribution is -2.19. The molecular formula is C12H16FNO3.